The average molecular weight is 461 g/mol. The summed E-state index contributed by atoms with van der Waals surface area (Å²) in [4.78, 5) is 20.6. The van der Waals surface area contributed by atoms with Crippen molar-refractivity contribution >= 4 is 40.9 Å². The quantitative estimate of drug-likeness (QED) is 0.353. The fraction of sp³-hybridized carbons (Fsp3) is 0.261. The number of hydrogen-bond acceptors (Lipinski definition) is 5. The number of carbonyl (C=O) groups excluding carboxylic acids is 1. The summed E-state index contributed by atoms with van der Waals surface area (Å²) in [6, 6.07) is 11.9. The first-order valence-corrected chi connectivity index (χ1v) is 11.6. The molecule has 1 aromatic heterocycles. The molecule has 0 aliphatic heterocycles. The largest absolute Gasteiger partial charge is 0.461 e. The predicted octanol–water partition coefficient (Wildman–Crippen LogP) is 6.62. The Morgan fingerprint density at radius 1 is 1.00 bits per heavy atom. The van der Waals surface area contributed by atoms with Gasteiger partial charge < -0.3 is 4.74 Å². The van der Waals surface area contributed by atoms with Crippen LogP contribution in [0.4, 0.5) is 0 Å². The Morgan fingerprint density at radius 3 is 2.53 bits per heavy atom. The molecule has 0 N–H and O–H groups in total. The maximum absolute atomic E-state index is 12.1. The van der Waals surface area contributed by atoms with E-state index in [-0.39, 0.29) is 5.69 Å². The van der Waals surface area contributed by atoms with E-state index in [9.17, 15) is 4.79 Å². The minimum atomic E-state index is -0.435. The molecule has 0 fully saturated rings. The summed E-state index contributed by atoms with van der Waals surface area (Å²) >= 11 is 14.1. The van der Waals surface area contributed by atoms with Crippen LogP contribution >= 0.6 is 35.0 Å². The van der Waals surface area contributed by atoms with Crippen molar-refractivity contribution in [3.8, 4) is 11.1 Å². The highest BCUT2D eigenvalue weighted by molar-refractivity contribution is 7.97. The number of esters is 1. The van der Waals surface area contributed by atoms with Gasteiger partial charge in [0.25, 0.3) is 0 Å². The van der Waals surface area contributed by atoms with Gasteiger partial charge in [0.05, 0.1) is 12.3 Å². The molecule has 30 heavy (non-hydrogen) atoms. The molecule has 0 amide bonds. The molecule has 3 rings (SSSR count). The predicted molar refractivity (Wildman–Crippen MR) is 124 cm³/mol. The lowest BCUT2D eigenvalue weighted by Gasteiger charge is -2.12. The molecule has 156 valence electrons. The van der Waals surface area contributed by atoms with Crippen LogP contribution in [0.5, 0.6) is 0 Å². The number of halogens is 2. The van der Waals surface area contributed by atoms with E-state index in [1.165, 1.54) is 17.3 Å². The molecular formula is C23H22Cl2N2O2S. The molecular weight excluding hydrogens is 439 g/mol. The Balaban J connectivity index is 1.78. The third kappa shape index (κ3) is 5.54. The molecule has 1 heterocycles. The number of hydrogen-bond donors (Lipinski definition) is 0. The molecule has 2 aromatic carbocycles. The van der Waals surface area contributed by atoms with E-state index in [0.717, 1.165) is 23.3 Å². The van der Waals surface area contributed by atoms with Crippen LogP contribution in [0.25, 0.3) is 11.1 Å². The van der Waals surface area contributed by atoms with Crippen molar-refractivity contribution in [2.45, 2.75) is 31.8 Å². The Bertz CT molecular complexity index is 1040. The Labute approximate surface area is 191 Å². The monoisotopic (exact) mass is 460 g/mol. The molecule has 3 aromatic rings. The van der Waals surface area contributed by atoms with Gasteiger partial charge in [0.2, 0.25) is 0 Å². The van der Waals surface area contributed by atoms with E-state index in [1.54, 1.807) is 30.9 Å². The van der Waals surface area contributed by atoms with Gasteiger partial charge in [-0.25, -0.2) is 9.78 Å². The fourth-order valence-electron chi connectivity index (χ4n) is 3.10. The lowest BCUT2D eigenvalue weighted by molar-refractivity contribution is 0.0517. The van der Waals surface area contributed by atoms with Crippen molar-refractivity contribution in [2.75, 3.05) is 6.61 Å². The minimum Gasteiger partial charge on any atom is -0.461 e. The number of carbonyl (C=O) groups is 1. The van der Waals surface area contributed by atoms with E-state index in [4.69, 9.17) is 27.9 Å². The Kier molecular flexibility index (Phi) is 8.14. The van der Waals surface area contributed by atoms with Crippen molar-refractivity contribution < 1.29 is 9.53 Å². The van der Waals surface area contributed by atoms with E-state index in [2.05, 4.69) is 35.1 Å². The van der Waals surface area contributed by atoms with Gasteiger partial charge in [-0.05, 0) is 48.2 Å². The van der Waals surface area contributed by atoms with Crippen molar-refractivity contribution in [1.82, 2.24) is 9.97 Å². The molecule has 0 radical (unpaired) electrons. The van der Waals surface area contributed by atoms with Crippen molar-refractivity contribution in [2.24, 2.45) is 0 Å². The first kappa shape index (κ1) is 22.6. The normalized spacial score (nSPS) is 10.8. The second-order valence-corrected chi connectivity index (χ2v) is 8.36. The molecule has 0 spiro atoms. The lowest BCUT2D eigenvalue weighted by Crippen LogP contribution is -2.11. The molecule has 4 nitrogen and oxygen atoms in total. The standard InChI is InChI=1S/C23H22Cl2N2O2S/c1-3-15-5-6-16(19-8-7-18(24)12-20(19)25)11-17(15)13-30-14-21-22(23(28)29-4-2)27-10-9-26-21/h5-12H,3-4,13-14H2,1-2H3. The highest BCUT2D eigenvalue weighted by atomic mass is 35.5. The molecule has 0 unspecified atom stereocenters. The molecule has 0 saturated carbocycles. The zero-order valence-electron chi connectivity index (χ0n) is 16.8. The van der Waals surface area contributed by atoms with E-state index in [1.807, 2.05) is 12.1 Å². The Hall–Kier alpha value is -2.08. The van der Waals surface area contributed by atoms with Crippen molar-refractivity contribution in [3.63, 3.8) is 0 Å². The number of ether oxygens (including phenoxy) is 1. The van der Waals surface area contributed by atoms with Gasteiger partial charge in [0.1, 0.15) is 0 Å². The van der Waals surface area contributed by atoms with Crippen LogP contribution in [0.1, 0.15) is 41.2 Å². The summed E-state index contributed by atoms with van der Waals surface area (Å²) in [5.74, 6) is 0.910. The minimum absolute atomic E-state index is 0.282. The molecule has 0 aliphatic rings. The summed E-state index contributed by atoms with van der Waals surface area (Å²) in [6.45, 7) is 4.22. The van der Waals surface area contributed by atoms with Gasteiger partial charge >= 0.3 is 5.97 Å². The van der Waals surface area contributed by atoms with E-state index < -0.39 is 5.97 Å². The van der Waals surface area contributed by atoms with Crippen LogP contribution in [-0.2, 0) is 22.7 Å². The third-order valence-electron chi connectivity index (χ3n) is 4.57. The summed E-state index contributed by atoms with van der Waals surface area (Å²) in [5.41, 5.74) is 5.43. The van der Waals surface area contributed by atoms with Gasteiger partial charge in [0.15, 0.2) is 5.69 Å². The smallest absolute Gasteiger partial charge is 0.358 e. The number of nitrogens with zero attached hydrogens (tertiary/aromatic N) is 2. The number of rotatable bonds is 8. The topological polar surface area (TPSA) is 52.1 Å². The van der Waals surface area contributed by atoms with Gasteiger partial charge in [-0.2, -0.15) is 11.8 Å². The van der Waals surface area contributed by atoms with Crippen LogP contribution in [-0.4, -0.2) is 22.5 Å². The van der Waals surface area contributed by atoms with Crippen LogP contribution in [0.2, 0.25) is 10.0 Å². The first-order chi connectivity index (χ1) is 14.5. The van der Waals surface area contributed by atoms with Gasteiger partial charge in [-0.15, -0.1) is 0 Å². The van der Waals surface area contributed by atoms with E-state index >= 15 is 0 Å². The van der Waals surface area contributed by atoms with E-state index in [0.29, 0.717) is 28.1 Å². The molecule has 0 saturated heterocycles. The van der Waals surface area contributed by atoms with Crippen LogP contribution < -0.4 is 0 Å². The SMILES string of the molecule is CCOC(=O)c1nccnc1CSCc1cc(-c2ccc(Cl)cc2Cl)ccc1CC. The molecule has 0 aliphatic carbocycles. The van der Waals surface area contributed by atoms with Gasteiger partial charge in [-0.1, -0.05) is 48.3 Å². The van der Waals surface area contributed by atoms with Crippen LogP contribution in [0.15, 0.2) is 48.8 Å². The maximum atomic E-state index is 12.1. The highest BCUT2D eigenvalue weighted by Gasteiger charge is 2.15. The number of benzene rings is 2. The number of thioether (sulfide) groups is 1. The fourth-order valence-corrected chi connectivity index (χ4v) is 4.61. The van der Waals surface area contributed by atoms with Crippen molar-refractivity contribution in [3.05, 3.63) is 81.4 Å². The van der Waals surface area contributed by atoms with Gasteiger partial charge in [-0.3, -0.25) is 4.98 Å². The van der Waals surface area contributed by atoms with Crippen molar-refractivity contribution in [1.29, 1.82) is 0 Å². The highest BCUT2D eigenvalue weighted by Crippen LogP contribution is 2.33. The zero-order valence-corrected chi connectivity index (χ0v) is 19.2. The van der Waals surface area contributed by atoms with Gasteiger partial charge in [0, 0.05) is 39.5 Å². The summed E-state index contributed by atoms with van der Waals surface area (Å²) < 4.78 is 5.08. The zero-order chi connectivity index (χ0) is 21.5. The first-order valence-electron chi connectivity index (χ1n) is 9.65. The molecule has 0 bridgehead atoms. The lowest BCUT2D eigenvalue weighted by atomic mass is 9.98. The van der Waals surface area contributed by atoms with Crippen LogP contribution in [0, 0.1) is 0 Å². The second kappa shape index (κ2) is 10.8. The number of aryl methyl sites for hydroxylation is 1. The molecule has 7 heteroatoms. The second-order valence-electron chi connectivity index (χ2n) is 6.53. The average Bonchev–Trinajstić information content (AvgIpc) is 2.74. The summed E-state index contributed by atoms with van der Waals surface area (Å²) in [7, 11) is 0. The Morgan fingerprint density at radius 2 is 1.80 bits per heavy atom. The summed E-state index contributed by atoms with van der Waals surface area (Å²) in [6.07, 6.45) is 4.04. The maximum Gasteiger partial charge on any atom is 0.358 e. The third-order valence-corrected chi connectivity index (χ3v) is 6.11. The molecule has 0 atom stereocenters. The van der Waals surface area contributed by atoms with Crippen LogP contribution in [0.3, 0.4) is 0 Å². The number of aromatic nitrogens is 2. The summed E-state index contributed by atoms with van der Waals surface area (Å²) in [5, 5.41) is 1.25.